The van der Waals surface area contributed by atoms with E-state index >= 15 is 0 Å². The zero-order chi connectivity index (χ0) is 22.5. The lowest BCUT2D eigenvalue weighted by molar-refractivity contribution is -0.138. The molecule has 32 heavy (non-hydrogen) atoms. The zero-order valence-electron chi connectivity index (χ0n) is 18.2. The van der Waals surface area contributed by atoms with Gasteiger partial charge in [0.1, 0.15) is 5.82 Å². The highest BCUT2D eigenvalue weighted by atomic mass is 16.5. The maximum Gasteiger partial charge on any atom is 0.320 e. The summed E-state index contributed by atoms with van der Waals surface area (Å²) in [6.07, 6.45) is 7.15. The van der Waals surface area contributed by atoms with Gasteiger partial charge in [0.25, 0.3) is 0 Å². The molecule has 0 aromatic carbocycles. The summed E-state index contributed by atoms with van der Waals surface area (Å²) in [4.78, 5) is 36.6. The average molecular weight is 440 g/mol. The molecule has 1 fully saturated rings. The maximum absolute atomic E-state index is 13.1. The number of aliphatic carboxylic acids is 1. The maximum atomic E-state index is 13.1. The Labute approximate surface area is 187 Å². The molecule has 2 atom stereocenters. The third-order valence-corrected chi connectivity index (χ3v) is 6.20. The van der Waals surface area contributed by atoms with Crippen LogP contribution in [0.3, 0.4) is 0 Å². The number of nitrogens with one attached hydrogen (secondary N) is 1. The second-order valence-corrected chi connectivity index (χ2v) is 8.24. The number of carboxylic acid groups (broad SMARTS) is 1. The van der Waals surface area contributed by atoms with Crippen LogP contribution in [0.5, 0.6) is 5.88 Å². The van der Waals surface area contributed by atoms with E-state index in [4.69, 9.17) is 4.74 Å². The van der Waals surface area contributed by atoms with Crippen LogP contribution < -0.4 is 10.1 Å². The van der Waals surface area contributed by atoms with Crippen LogP contribution in [0.4, 0.5) is 10.6 Å². The Hall–Kier alpha value is -3.36. The molecule has 4 heterocycles. The number of pyridine rings is 2. The van der Waals surface area contributed by atoms with E-state index in [1.54, 1.807) is 29.4 Å². The molecule has 0 aliphatic carbocycles. The molecule has 9 heteroatoms. The fourth-order valence-electron chi connectivity index (χ4n) is 4.49. The molecule has 2 N–H and O–H groups in total. The highest BCUT2D eigenvalue weighted by molar-refractivity contribution is 5.78. The number of carbonyl (C=O) groups excluding carboxylic acids is 1. The molecular weight excluding hydrogens is 410 g/mol. The van der Waals surface area contributed by atoms with Crippen molar-refractivity contribution < 1.29 is 19.4 Å². The second kappa shape index (κ2) is 9.84. The van der Waals surface area contributed by atoms with Gasteiger partial charge in [-0.2, -0.15) is 0 Å². The molecule has 1 saturated heterocycles. The van der Waals surface area contributed by atoms with Crippen LogP contribution in [-0.4, -0.2) is 69.7 Å². The van der Waals surface area contributed by atoms with Crippen molar-refractivity contribution in [3.8, 4) is 5.88 Å². The van der Waals surface area contributed by atoms with E-state index in [1.807, 2.05) is 11.0 Å². The number of nitrogens with zero attached hydrogens (tertiary/aromatic N) is 4. The van der Waals surface area contributed by atoms with Gasteiger partial charge < -0.3 is 25.0 Å². The molecule has 9 nitrogen and oxygen atoms in total. The Kier molecular flexibility index (Phi) is 6.72. The first-order valence-corrected chi connectivity index (χ1v) is 11.0. The number of carbonyl (C=O) groups is 2. The summed E-state index contributed by atoms with van der Waals surface area (Å²) in [6.45, 7) is 1.76. The predicted octanol–water partition coefficient (Wildman–Crippen LogP) is 2.95. The fourth-order valence-corrected chi connectivity index (χ4v) is 4.49. The topological polar surface area (TPSA) is 108 Å². The third-order valence-electron chi connectivity index (χ3n) is 6.20. The van der Waals surface area contributed by atoms with Crippen molar-refractivity contribution in [2.75, 3.05) is 32.1 Å². The molecule has 0 spiro atoms. The number of ether oxygens (including phenoxy) is 1. The summed E-state index contributed by atoms with van der Waals surface area (Å²) in [7, 11) is 1.52. The molecule has 1 unspecified atom stereocenters. The third kappa shape index (κ3) is 4.92. The Morgan fingerprint density at radius 2 is 2.19 bits per heavy atom. The molecule has 2 aromatic rings. The lowest BCUT2D eigenvalue weighted by Crippen LogP contribution is -2.36. The van der Waals surface area contributed by atoms with Gasteiger partial charge in [-0.25, -0.2) is 14.8 Å². The summed E-state index contributed by atoms with van der Waals surface area (Å²) in [6, 6.07) is 7.22. The number of aromatic nitrogens is 2. The minimum atomic E-state index is -0.950. The first-order valence-electron chi connectivity index (χ1n) is 11.0. The smallest absolute Gasteiger partial charge is 0.320 e. The van der Waals surface area contributed by atoms with Crippen LogP contribution in [0.2, 0.25) is 0 Å². The highest BCUT2D eigenvalue weighted by Gasteiger charge is 2.35. The summed E-state index contributed by atoms with van der Waals surface area (Å²) < 4.78 is 5.08. The minimum Gasteiger partial charge on any atom is -0.481 e. The van der Waals surface area contributed by atoms with Gasteiger partial charge in [0.2, 0.25) is 5.88 Å². The highest BCUT2D eigenvalue weighted by Crippen LogP contribution is 2.29. The van der Waals surface area contributed by atoms with E-state index in [9.17, 15) is 14.7 Å². The predicted molar refractivity (Wildman–Crippen MR) is 119 cm³/mol. The van der Waals surface area contributed by atoms with E-state index in [2.05, 4.69) is 21.4 Å². The molecule has 0 bridgehead atoms. The Morgan fingerprint density at radius 1 is 1.31 bits per heavy atom. The van der Waals surface area contributed by atoms with Crippen molar-refractivity contribution in [2.24, 2.45) is 0 Å². The summed E-state index contributed by atoms with van der Waals surface area (Å²) in [5.74, 6) is 0.470. The van der Waals surface area contributed by atoms with Gasteiger partial charge in [0, 0.05) is 44.1 Å². The number of aryl methyl sites for hydroxylation is 1. The van der Waals surface area contributed by atoms with E-state index in [-0.39, 0.29) is 12.5 Å². The number of anilines is 1. The van der Waals surface area contributed by atoms with E-state index in [1.165, 1.54) is 12.7 Å². The van der Waals surface area contributed by atoms with Gasteiger partial charge in [-0.05, 0) is 42.9 Å². The van der Waals surface area contributed by atoms with Crippen molar-refractivity contribution in [2.45, 2.75) is 44.2 Å². The molecule has 0 radical (unpaired) electrons. The minimum absolute atomic E-state index is 0.115. The van der Waals surface area contributed by atoms with Crippen molar-refractivity contribution in [3.63, 3.8) is 0 Å². The standard InChI is InChI=1S/C23H29N5O4/c1-32-20-9-7-17(15-25-20)19(14-21(29)30)28-13-12-27(23(28)31)11-3-5-18-8-6-16-4-2-10-24-22(16)26-18/h2,4,7,9-10,15,18-19H,3,5-6,8,11-14H2,1H3,(H,24,26)(H,29,30)/t18?,19-/m0/s1. The number of amides is 2. The van der Waals surface area contributed by atoms with Gasteiger partial charge in [-0.15, -0.1) is 0 Å². The van der Waals surface area contributed by atoms with Crippen molar-refractivity contribution in [3.05, 3.63) is 47.8 Å². The van der Waals surface area contributed by atoms with E-state index < -0.39 is 12.0 Å². The number of carboxylic acids is 1. The normalized spacial score (nSPS) is 18.8. The summed E-state index contributed by atoms with van der Waals surface area (Å²) in [5, 5.41) is 12.9. The van der Waals surface area contributed by atoms with Gasteiger partial charge in [-0.1, -0.05) is 12.1 Å². The van der Waals surface area contributed by atoms with Gasteiger partial charge in [0.05, 0.1) is 19.6 Å². The summed E-state index contributed by atoms with van der Waals surface area (Å²) in [5.41, 5.74) is 1.95. The number of hydrogen-bond donors (Lipinski definition) is 2. The van der Waals surface area contributed by atoms with E-state index in [0.717, 1.165) is 31.5 Å². The SMILES string of the molecule is COc1ccc([C@H](CC(=O)O)N2CCN(CCCC3CCc4cccnc4N3)C2=O)cn1. The van der Waals surface area contributed by atoms with Crippen LogP contribution in [0.15, 0.2) is 36.7 Å². The van der Waals surface area contributed by atoms with Crippen molar-refractivity contribution >= 4 is 17.8 Å². The largest absolute Gasteiger partial charge is 0.481 e. The van der Waals surface area contributed by atoms with Crippen LogP contribution in [-0.2, 0) is 11.2 Å². The Bertz CT molecular complexity index is 952. The van der Waals surface area contributed by atoms with Crippen molar-refractivity contribution in [1.29, 1.82) is 0 Å². The molecule has 2 aliphatic rings. The van der Waals surface area contributed by atoms with Gasteiger partial charge in [0.15, 0.2) is 0 Å². The Balaban J connectivity index is 1.33. The number of methoxy groups -OCH3 is 1. The molecule has 2 aromatic heterocycles. The molecule has 170 valence electrons. The van der Waals surface area contributed by atoms with Crippen LogP contribution in [0.1, 0.15) is 42.9 Å². The lowest BCUT2D eigenvalue weighted by atomic mass is 9.97. The zero-order valence-corrected chi connectivity index (χ0v) is 18.2. The lowest BCUT2D eigenvalue weighted by Gasteiger charge is -2.28. The molecule has 2 amide bonds. The summed E-state index contributed by atoms with van der Waals surface area (Å²) >= 11 is 0. The van der Waals surface area contributed by atoms with Crippen LogP contribution in [0, 0.1) is 0 Å². The molecular formula is C23H29N5O4. The van der Waals surface area contributed by atoms with E-state index in [0.29, 0.717) is 37.1 Å². The Morgan fingerprint density at radius 3 is 2.94 bits per heavy atom. The first kappa shape index (κ1) is 21.9. The second-order valence-electron chi connectivity index (χ2n) is 8.24. The number of fused-ring (bicyclic) bond motifs is 1. The number of rotatable bonds is 9. The van der Waals surface area contributed by atoms with Gasteiger partial charge in [-0.3, -0.25) is 4.79 Å². The van der Waals surface area contributed by atoms with Crippen LogP contribution >= 0.6 is 0 Å². The fraction of sp³-hybridized carbons (Fsp3) is 0.478. The molecule has 0 saturated carbocycles. The monoisotopic (exact) mass is 439 g/mol. The number of urea groups is 1. The van der Waals surface area contributed by atoms with Gasteiger partial charge >= 0.3 is 12.0 Å². The quantitative estimate of drug-likeness (QED) is 0.618. The number of hydrogen-bond acceptors (Lipinski definition) is 6. The van der Waals surface area contributed by atoms with Crippen molar-refractivity contribution in [1.82, 2.24) is 19.8 Å². The average Bonchev–Trinajstić information content (AvgIpc) is 3.17. The first-order chi connectivity index (χ1) is 15.5. The molecule has 4 rings (SSSR count). The molecule has 2 aliphatic heterocycles. The van der Waals surface area contributed by atoms with Crippen LogP contribution in [0.25, 0.3) is 0 Å².